The van der Waals surface area contributed by atoms with Crippen LogP contribution in [0.2, 0.25) is 0 Å². The number of nitrogens with one attached hydrogen (secondary N) is 1. The number of amides is 1. The highest BCUT2D eigenvalue weighted by Crippen LogP contribution is 2.31. The molecule has 13 heteroatoms. The van der Waals surface area contributed by atoms with Gasteiger partial charge in [-0.3, -0.25) is 9.52 Å². The fourth-order valence-electron chi connectivity index (χ4n) is 3.86. The lowest BCUT2D eigenvalue weighted by Crippen LogP contribution is -2.50. The molecule has 0 fully saturated rings. The largest absolute Gasteiger partial charge is 0.488 e. The first-order valence-electron chi connectivity index (χ1n) is 11.1. The van der Waals surface area contributed by atoms with Crippen LogP contribution in [0.15, 0.2) is 47.4 Å². The third-order valence-electron chi connectivity index (χ3n) is 5.93. The van der Waals surface area contributed by atoms with Crippen LogP contribution in [0.3, 0.4) is 0 Å². The molecule has 3 atom stereocenters. The van der Waals surface area contributed by atoms with E-state index in [1.54, 1.807) is 13.8 Å². The molecule has 0 saturated heterocycles. The van der Waals surface area contributed by atoms with Gasteiger partial charge in [0, 0.05) is 25.2 Å². The lowest BCUT2D eigenvalue weighted by Gasteiger charge is -2.38. The number of hydrogen-bond acceptors (Lipinski definition) is 7. The minimum absolute atomic E-state index is 0.0740. The Morgan fingerprint density at radius 2 is 1.83 bits per heavy atom. The van der Waals surface area contributed by atoms with Gasteiger partial charge in [0.2, 0.25) is 20.0 Å². The van der Waals surface area contributed by atoms with E-state index in [1.807, 2.05) is 0 Å². The molecule has 2 N–H and O–H groups in total. The molecule has 10 nitrogen and oxygen atoms in total. The first-order valence-corrected chi connectivity index (χ1v) is 14.5. The van der Waals surface area contributed by atoms with E-state index in [-0.39, 0.29) is 47.5 Å². The Labute approximate surface area is 210 Å². The van der Waals surface area contributed by atoms with E-state index < -0.39 is 43.9 Å². The van der Waals surface area contributed by atoms with Crippen molar-refractivity contribution < 1.29 is 35.9 Å². The molecule has 1 heterocycles. The van der Waals surface area contributed by atoms with Crippen LogP contribution >= 0.6 is 0 Å². The van der Waals surface area contributed by atoms with Gasteiger partial charge >= 0.3 is 0 Å². The number of aliphatic hydroxyl groups excluding tert-OH is 1. The number of likely N-dealkylation sites (N-methyl/N-ethyl adjacent to an activating group) is 1. The highest BCUT2D eigenvalue weighted by Gasteiger charge is 2.35. The lowest BCUT2D eigenvalue weighted by molar-refractivity contribution is 0.0387. The van der Waals surface area contributed by atoms with Gasteiger partial charge in [0.25, 0.3) is 5.91 Å². The maximum absolute atomic E-state index is 13.4. The van der Waals surface area contributed by atoms with Crippen molar-refractivity contribution >= 4 is 31.6 Å². The molecule has 36 heavy (non-hydrogen) atoms. The van der Waals surface area contributed by atoms with Crippen LogP contribution in [0, 0.1) is 11.7 Å². The van der Waals surface area contributed by atoms with Crippen LogP contribution in [0.25, 0.3) is 0 Å². The summed E-state index contributed by atoms with van der Waals surface area (Å²) in [6.07, 6.45) is 0.274. The Balaban J connectivity index is 1.99. The predicted octanol–water partition coefficient (Wildman–Crippen LogP) is 1.74. The fraction of sp³-hybridized carbons (Fsp3) is 0.435. The highest BCUT2D eigenvalue weighted by atomic mass is 32.2. The Morgan fingerprint density at radius 3 is 2.42 bits per heavy atom. The Bertz CT molecular complexity index is 1320. The molecule has 0 bridgehead atoms. The van der Waals surface area contributed by atoms with Crippen LogP contribution in [-0.4, -0.2) is 82.2 Å². The summed E-state index contributed by atoms with van der Waals surface area (Å²) in [5.41, 5.74) is 0.232. The number of fused-ring (bicyclic) bond motifs is 1. The number of nitrogens with zero attached hydrogens (tertiary/aromatic N) is 2. The van der Waals surface area contributed by atoms with E-state index in [1.165, 1.54) is 42.3 Å². The number of carbonyl (C=O) groups is 1. The molecule has 2 aromatic rings. The fourth-order valence-corrected chi connectivity index (χ4v) is 5.59. The molecule has 0 saturated carbocycles. The molecule has 0 unspecified atom stereocenters. The molecule has 198 valence electrons. The summed E-state index contributed by atoms with van der Waals surface area (Å²) < 4.78 is 72.3. The molecule has 0 aliphatic carbocycles. The first-order chi connectivity index (χ1) is 16.7. The summed E-state index contributed by atoms with van der Waals surface area (Å²) >= 11 is 0. The molecular weight excluding hydrogens is 513 g/mol. The second-order valence-corrected chi connectivity index (χ2v) is 12.7. The minimum atomic E-state index is -3.96. The number of halogens is 1. The zero-order valence-corrected chi connectivity index (χ0v) is 22.0. The average Bonchev–Trinajstić information content (AvgIpc) is 2.80. The Morgan fingerprint density at radius 1 is 1.19 bits per heavy atom. The number of sulfonamides is 2. The molecule has 1 amide bonds. The minimum Gasteiger partial charge on any atom is -0.488 e. The summed E-state index contributed by atoms with van der Waals surface area (Å²) in [5, 5.41) is 9.74. The van der Waals surface area contributed by atoms with Crippen molar-refractivity contribution in [3.8, 4) is 5.75 Å². The van der Waals surface area contributed by atoms with Gasteiger partial charge in [0.15, 0.2) is 0 Å². The maximum atomic E-state index is 13.4. The molecule has 2 aromatic carbocycles. The van der Waals surface area contributed by atoms with Gasteiger partial charge in [-0.1, -0.05) is 6.92 Å². The van der Waals surface area contributed by atoms with Crippen molar-refractivity contribution in [1.29, 1.82) is 0 Å². The molecular formula is C23H30FN3O7S2. The molecule has 3 rings (SSSR count). The van der Waals surface area contributed by atoms with Gasteiger partial charge in [-0.25, -0.2) is 21.2 Å². The van der Waals surface area contributed by atoms with Gasteiger partial charge in [-0.2, -0.15) is 4.31 Å². The second kappa shape index (κ2) is 10.7. The molecule has 1 aliphatic heterocycles. The number of rotatable bonds is 8. The van der Waals surface area contributed by atoms with Crippen molar-refractivity contribution in [1.82, 2.24) is 9.21 Å². The van der Waals surface area contributed by atoms with E-state index in [2.05, 4.69) is 4.72 Å². The van der Waals surface area contributed by atoms with Crippen LogP contribution in [0.1, 0.15) is 24.2 Å². The second-order valence-electron chi connectivity index (χ2n) is 8.95. The summed E-state index contributed by atoms with van der Waals surface area (Å²) in [7, 11) is -6.18. The van der Waals surface area contributed by atoms with Crippen molar-refractivity contribution in [2.24, 2.45) is 5.92 Å². The van der Waals surface area contributed by atoms with E-state index in [9.17, 15) is 31.1 Å². The number of carbonyl (C=O) groups excluding carboxylic acids is 1. The Kier molecular flexibility index (Phi) is 8.28. The zero-order chi connectivity index (χ0) is 26.8. The normalized spacial score (nSPS) is 19.8. The molecule has 0 radical (unpaired) electrons. The van der Waals surface area contributed by atoms with Crippen LogP contribution in [0.4, 0.5) is 10.1 Å². The molecule has 0 aromatic heterocycles. The van der Waals surface area contributed by atoms with Crippen molar-refractivity contribution in [2.45, 2.75) is 30.9 Å². The monoisotopic (exact) mass is 543 g/mol. The van der Waals surface area contributed by atoms with Gasteiger partial charge < -0.3 is 14.7 Å². The quantitative estimate of drug-likeness (QED) is 0.518. The van der Waals surface area contributed by atoms with E-state index in [0.29, 0.717) is 0 Å². The third kappa shape index (κ3) is 6.33. The molecule has 1 aliphatic rings. The van der Waals surface area contributed by atoms with Crippen molar-refractivity contribution in [3.05, 3.63) is 53.8 Å². The standard InChI is InChI=1S/C23H30FN3O7S2/c1-15-12-27(16(2)14-28)23(29)20-11-18(25-35(4,30)31)7-10-21(20)34-22(15)13-26(3)36(32,33)19-8-5-17(24)6-9-19/h5-11,15-16,22,25,28H,12-14H2,1-4H3/t15-,16-,22-/m1/s1. The lowest BCUT2D eigenvalue weighted by atomic mass is 9.99. The summed E-state index contributed by atoms with van der Waals surface area (Å²) in [6, 6.07) is 8.16. The van der Waals surface area contributed by atoms with Gasteiger partial charge in [0.05, 0.1) is 35.9 Å². The van der Waals surface area contributed by atoms with E-state index >= 15 is 0 Å². The number of benzene rings is 2. The summed E-state index contributed by atoms with van der Waals surface area (Å²) in [5.74, 6) is -1.21. The van der Waals surface area contributed by atoms with Gasteiger partial charge in [-0.05, 0) is 49.4 Å². The average molecular weight is 544 g/mol. The maximum Gasteiger partial charge on any atom is 0.258 e. The number of hydrogen-bond donors (Lipinski definition) is 2. The summed E-state index contributed by atoms with van der Waals surface area (Å²) in [6.45, 7) is 3.24. The first kappa shape index (κ1) is 27.8. The van der Waals surface area contributed by atoms with E-state index in [4.69, 9.17) is 4.74 Å². The topological polar surface area (TPSA) is 133 Å². The van der Waals surface area contributed by atoms with Crippen molar-refractivity contribution in [2.75, 3.05) is 37.7 Å². The highest BCUT2D eigenvalue weighted by molar-refractivity contribution is 7.92. The van der Waals surface area contributed by atoms with Crippen molar-refractivity contribution in [3.63, 3.8) is 0 Å². The van der Waals surface area contributed by atoms with Crippen LogP contribution in [-0.2, 0) is 20.0 Å². The molecule has 0 spiro atoms. The van der Waals surface area contributed by atoms with Crippen LogP contribution in [0.5, 0.6) is 5.75 Å². The van der Waals surface area contributed by atoms with E-state index in [0.717, 1.165) is 22.7 Å². The zero-order valence-electron chi connectivity index (χ0n) is 20.4. The number of anilines is 1. The van der Waals surface area contributed by atoms with Crippen LogP contribution < -0.4 is 9.46 Å². The smallest absolute Gasteiger partial charge is 0.258 e. The van der Waals surface area contributed by atoms with Gasteiger partial charge in [-0.15, -0.1) is 0 Å². The third-order valence-corrected chi connectivity index (χ3v) is 8.37. The van der Waals surface area contributed by atoms with Gasteiger partial charge in [0.1, 0.15) is 17.7 Å². The Hall–Kier alpha value is -2.74. The SMILES string of the molecule is C[C@@H]1CN([C@H](C)CO)C(=O)c2cc(NS(C)(=O)=O)ccc2O[C@@H]1CN(C)S(=O)(=O)c1ccc(F)cc1. The summed E-state index contributed by atoms with van der Waals surface area (Å²) in [4.78, 5) is 14.8. The number of aliphatic hydroxyl groups is 1. The predicted molar refractivity (Wildman–Crippen MR) is 132 cm³/mol. The number of ether oxygens (including phenoxy) is 1.